The van der Waals surface area contributed by atoms with Gasteiger partial charge in [0.15, 0.2) is 0 Å². The normalized spacial score (nSPS) is 18.9. The summed E-state index contributed by atoms with van der Waals surface area (Å²) in [5, 5.41) is 17.2. The number of pyridine rings is 2. The van der Waals surface area contributed by atoms with Gasteiger partial charge in [0.1, 0.15) is 24.1 Å². The lowest BCUT2D eigenvalue weighted by molar-refractivity contribution is 0.112. The molecule has 3 saturated heterocycles. The fourth-order valence-corrected chi connectivity index (χ4v) is 7.06. The highest BCUT2D eigenvalue weighted by Gasteiger charge is 2.45. The lowest BCUT2D eigenvalue weighted by Gasteiger charge is -2.32. The lowest BCUT2D eigenvalue weighted by atomic mass is 9.95. The predicted molar refractivity (Wildman–Crippen MR) is 156 cm³/mol. The minimum absolute atomic E-state index is 0.0823. The molecule has 0 radical (unpaired) electrons. The number of halogens is 1. The zero-order valence-corrected chi connectivity index (χ0v) is 22.7. The number of nitrogens with one attached hydrogen (secondary N) is 1. The Morgan fingerprint density at radius 3 is 2.51 bits per heavy atom. The number of aromatic nitrogens is 2. The molecule has 0 saturated carbocycles. The summed E-state index contributed by atoms with van der Waals surface area (Å²) in [6.07, 6.45) is 4.72. The van der Waals surface area contributed by atoms with Gasteiger partial charge in [-0.15, -0.1) is 0 Å². The van der Waals surface area contributed by atoms with Gasteiger partial charge in [-0.05, 0) is 62.4 Å². The predicted octanol–water partition coefficient (Wildman–Crippen LogP) is 5.39. The SMILES string of the molecule is N#Cc1c(-c2cccc3cccc(Cl)c23)nc(OCC23CCCN2CCC3)c2ccc(N3CCNCC3)nc12. The van der Waals surface area contributed by atoms with Crippen molar-refractivity contribution in [2.24, 2.45) is 0 Å². The molecule has 198 valence electrons. The van der Waals surface area contributed by atoms with E-state index in [0.717, 1.165) is 79.7 Å². The highest BCUT2D eigenvalue weighted by atomic mass is 35.5. The number of hydrogen-bond donors (Lipinski definition) is 1. The van der Waals surface area contributed by atoms with Crippen LogP contribution in [0.5, 0.6) is 5.88 Å². The second kappa shape index (κ2) is 9.95. The van der Waals surface area contributed by atoms with Crippen molar-refractivity contribution in [1.82, 2.24) is 20.2 Å². The molecule has 3 fully saturated rings. The number of ether oxygens (including phenoxy) is 1. The molecule has 2 aromatic heterocycles. The van der Waals surface area contributed by atoms with E-state index in [1.165, 1.54) is 12.8 Å². The first kappa shape index (κ1) is 24.6. The van der Waals surface area contributed by atoms with Crippen LogP contribution < -0.4 is 15.0 Å². The standard InChI is InChI=1S/C31H31ClN6O/c32-25-8-2-6-21-5-1-7-22(27(21)25)28-24(19-33)29-23(9-10-26(35-29)37-17-13-34-14-18-37)30(36-28)39-20-31-11-3-15-38(31)16-4-12-31/h1-2,5-10,34H,3-4,11-18,20H2. The van der Waals surface area contributed by atoms with Gasteiger partial charge in [0, 0.05) is 42.2 Å². The van der Waals surface area contributed by atoms with Crippen LogP contribution in [0.25, 0.3) is 32.9 Å². The Kier molecular flexibility index (Phi) is 6.27. The van der Waals surface area contributed by atoms with Crippen LogP contribution in [0.15, 0.2) is 48.5 Å². The largest absolute Gasteiger partial charge is 0.475 e. The van der Waals surface area contributed by atoms with E-state index >= 15 is 0 Å². The Hall–Kier alpha value is -3.44. The molecule has 7 nitrogen and oxygen atoms in total. The molecular formula is C31H31ClN6O. The molecule has 7 rings (SSSR count). The Morgan fingerprint density at radius 1 is 0.974 bits per heavy atom. The van der Waals surface area contributed by atoms with Crippen LogP contribution in [0.1, 0.15) is 31.2 Å². The van der Waals surface area contributed by atoms with E-state index in [1.807, 2.05) is 48.5 Å². The van der Waals surface area contributed by atoms with Crippen LogP contribution in [-0.4, -0.2) is 66.3 Å². The van der Waals surface area contributed by atoms with Crippen LogP contribution in [-0.2, 0) is 0 Å². The van der Waals surface area contributed by atoms with Crippen LogP contribution in [0.2, 0.25) is 5.02 Å². The van der Waals surface area contributed by atoms with Gasteiger partial charge in [0.2, 0.25) is 5.88 Å². The second-order valence-corrected chi connectivity index (χ2v) is 11.3. The average molecular weight is 539 g/mol. The van der Waals surface area contributed by atoms with Crippen molar-refractivity contribution in [1.29, 1.82) is 5.26 Å². The molecular weight excluding hydrogens is 508 g/mol. The Bertz CT molecular complexity index is 1590. The highest BCUT2D eigenvalue weighted by Crippen LogP contribution is 2.42. The summed E-state index contributed by atoms with van der Waals surface area (Å²) >= 11 is 6.72. The number of nitriles is 1. The van der Waals surface area contributed by atoms with E-state index < -0.39 is 0 Å². The first-order valence-electron chi connectivity index (χ1n) is 13.9. The first-order valence-corrected chi connectivity index (χ1v) is 14.3. The molecule has 0 atom stereocenters. The van der Waals surface area contributed by atoms with Crippen molar-refractivity contribution in [3.05, 3.63) is 59.1 Å². The Labute approximate surface area is 233 Å². The van der Waals surface area contributed by atoms with Gasteiger partial charge in [-0.1, -0.05) is 41.9 Å². The van der Waals surface area contributed by atoms with E-state index in [9.17, 15) is 5.26 Å². The fourth-order valence-electron chi connectivity index (χ4n) is 6.78. The number of piperazine rings is 1. The molecule has 3 aliphatic rings. The maximum atomic E-state index is 10.5. The minimum atomic E-state index is 0.0823. The van der Waals surface area contributed by atoms with Gasteiger partial charge in [-0.3, -0.25) is 4.90 Å². The van der Waals surface area contributed by atoms with E-state index in [1.54, 1.807) is 0 Å². The molecule has 0 aliphatic carbocycles. The zero-order chi connectivity index (χ0) is 26.4. The Morgan fingerprint density at radius 2 is 1.74 bits per heavy atom. The summed E-state index contributed by atoms with van der Waals surface area (Å²) in [5.41, 5.74) is 2.54. The number of fused-ring (bicyclic) bond motifs is 3. The number of rotatable bonds is 5. The molecule has 0 amide bonds. The number of hydrogen-bond acceptors (Lipinski definition) is 7. The van der Waals surface area contributed by atoms with Crippen LogP contribution in [0.3, 0.4) is 0 Å². The first-order chi connectivity index (χ1) is 19.2. The van der Waals surface area contributed by atoms with E-state index in [2.05, 4.69) is 21.2 Å². The van der Waals surface area contributed by atoms with Gasteiger partial charge >= 0.3 is 0 Å². The average Bonchev–Trinajstić information content (AvgIpc) is 3.56. The Balaban J connectivity index is 1.41. The van der Waals surface area contributed by atoms with E-state index in [-0.39, 0.29) is 5.54 Å². The molecule has 0 unspecified atom stereocenters. The van der Waals surface area contributed by atoms with Crippen molar-refractivity contribution in [3.8, 4) is 23.2 Å². The second-order valence-electron chi connectivity index (χ2n) is 10.9. The maximum absolute atomic E-state index is 10.5. The monoisotopic (exact) mass is 538 g/mol. The van der Waals surface area contributed by atoms with Crippen molar-refractivity contribution in [3.63, 3.8) is 0 Å². The smallest absolute Gasteiger partial charge is 0.223 e. The van der Waals surface area contributed by atoms with Crippen LogP contribution >= 0.6 is 11.6 Å². The number of nitrogens with zero attached hydrogens (tertiary/aromatic N) is 5. The quantitative estimate of drug-likeness (QED) is 0.365. The fraction of sp³-hybridized carbons (Fsp3) is 0.387. The molecule has 5 heterocycles. The van der Waals surface area contributed by atoms with Crippen molar-refractivity contribution < 1.29 is 4.74 Å². The molecule has 4 aromatic rings. The van der Waals surface area contributed by atoms with E-state index in [0.29, 0.717) is 34.3 Å². The summed E-state index contributed by atoms with van der Waals surface area (Å²) in [7, 11) is 0. The molecule has 1 N–H and O–H groups in total. The van der Waals surface area contributed by atoms with Gasteiger partial charge in [0.05, 0.1) is 22.1 Å². The molecule has 3 aliphatic heterocycles. The third-order valence-corrected chi connectivity index (χ3v) is 9.06. The van der Waals surface area contributed by atoms with Crippen molar-refractivity contribution in [2.75, 3.05) is 50.8 Å². The molecule has 8 heteroatoms. The summed E-state index contributed by atoms with van der Waals surface area (Å²) in [4.78, 5) is 15.0. The highest BCUT2D eigenvalue weighted by molar-refractivity contribution is 6.36. The minimum Gasteiger partial charge on any atom is -0.475 e. The van der Waals surface area contributed by atoms with Crippen LogP contribution in [0, 0.1) is 11.3 Å². The molecule has 39 heavy (non-hydrogen) atoms. The molecule has 0 spiro atoms. The van der Waals surface area contributed by atoms with Crippen LogP contribution in [0.4, 0.5) is 5.82 Å². The van der Waals surface area contributed by atoms with Crippen molar-refractivity contribution in [2.45, 2.75) is 31.2 Å². The maximum Gasteiger partial charge on any atom is 0.223 e. The van der Waals surface area contributed by atoms with Gasteiger partial charge in [-0.25, -0.2) is 9.97 Å². The number of benzene rings is 2. The number of anilines is 1. The summed E-state index contributed by atoms with van der Waals surface area (Å²) in [5.74, 6) is 1.41. The van der Waals surface area contributed by atoms with Gasteiger partial charge in [-0.2, -0.15) is 5.26 Å². The van der Waals surface area contributed by atoms with E-state index in [4.69, 9.17) is 26.3 Å². The van der Waals surface area contributed by atoms with Gasteiger partial charge < -0.3 is 15.0 Å². The topological polar surface area (TPSA) is 77.3 Å². The summed E-state index contributed by atoms with van der Waals surface area (Å²) in [6.45, 7) is 6.44. The lowest BCUT2D eigenvalue weighted by Crippen LogP contribution is -2.44. The van der Waals surface area contributed by atoms with Crippen molar-refractivity contribution >= 4 is 39.1 Å². The third-order valence-electron chi connectivity index (χ3n) is 8.75. The summed E-state index contributed by atoms with van der Waals surface area (Å²) in [6, 6.07) is 18.4. The summed E-state index contributed by atoms with van der Waals surface area (Å²) < 4.78 is 6.64. The third kappa shape index (κ3) is 4.19. The zero-order valence-electron chi connectivity index (χ0n) is 21.9. The molecule has 2 aromatic carbocycles. The van der Waals surface area contributed by atoms with Gasteiger partial charge in [0.25, 0.3) is 0 Å². The molecule has 0 bridgehead atoms.